The maximum Gasteiger partial charge on any atom is 0.0469 e. The first-order valence-electron chi connectivity index (χ1n) is 4.19. The molecule has 0 fully saturated rings. The Morgan fingerprint density at radius 1 is 1.27 bits per heavy atom. The van der Waals surface area contributed by atoms with Crippen LogP contribution in [0.1, 0.15) is 20.3 Å². The van der Waals surface area contributed by atoms with Gasteiger partial charge in [0, 0.05) is 13.7 Å². The average molecular weight is 178 g/mol. The number of methoxy groups -OCH3 is 1. The van der Waals surface area contributed by atoms with Crippen molar-refractivity contribution in [2.75, 3.05) is 32.0 Å². The Balaban J connectivity index is 3.55. The second-order valence-corrected chi connectivity index (χ2v) is 8.32. The predicted molar refractivity (Wildman–Crippen MR) is 55.9 cm³/mol. The van der Waals surface area contributed by atoms with Crippen LogP contribution in [-0.4, -0.2) is 37.2 Å². The van der Waals surface area contributed by atoms with Gasteiger partial charge in [0.2, 0.25) is 0 Å². The van der Waals surface area contributed by atoms with Gasteiger partial charge in [-0.3, -0.25) is 0 Å². The maximum atomic E-state index is 5.03. The van der Waals surface area contributed by atoms with Crippen LogP contribution in [0, 0.1) is 0 Å². The molecule has 0 aliphatic heterocycles. The zero-order chi connectivity index (χ0) is 8.91. The molecular weight excluding hydrogens is 156 g/mol. The summed E-state index contributed by atoms with van der Waals surface area (Å²) >= 11 is 0. The van der Waals surface area contributed by atoms with Crippen molar-refractivity contribution in [2.45, 2.75) is 25.5 Å². The minimum absolute atomic E-state index is 0.350. The van der Waals surface area contributed by atoms with Gasteiger partial charge < -0.3 is 4.74 Å². The lowest BCUT2D eigenvalue weighted by Gasteiger charge is -2.35. The molecule has 0 bridgehead atoms. The minimum Gasteiger partial charge on any atom is -0.385 e. The smallest absolute Gasteiger partial charge is 0.0469 e. The Labute approximate surface area is 72.8 Å². The van der Waals surface area contributed by atoms with Gasteiger partial charge in [-0.05, 0) is 29.9 Å². The summed E-state index contributed by atoms with van der Waals surface area (Å²) in [6.45, 7) is 5.56. The molecule has 0 aliphatic rings. The van der Waals surface area contributed by atoms with Crippen LogP contribution in [0.5, 0.6) is 0 Å². The van der Waals surface area contributed by atoms with E-state index in [4.69, 9.17) is 4.74 Å². The van der Waals surface area contributed by atoms with Crippen molar-refractivity contribution < 1.29 is 4.74 Å². The molecule has 11 heavy (non-hydrogen) atoms. The molecule has 0 N–H and O–H groups in total. The summed E-state index contributed by atoms with van der Waals surface area (Å²) in [5.41, 5.74) is 0. The molecule has 2 heteroatoms. The Bertz CT molecular complexity index is 99.7. The lowest BCUT2D eigenvalue weighted by Crippen LogP contribution is -2.13. The van der Waals surface area contributed by atoms with Gasteiger partial charge in [0.25, 0.3) is 0 Å². The zero-order valence-electron chi connectivity index (χ0n) is 8.52. The molecule has 0 aromatic rings. The first-order chi connectivity index (χ1) is 5.00. The van der Waals surface area contributed by atoms with Crippen LogP contribution in [0.25, 0.3) is 0 Å². The fourth-order valence-electron chi connectivity index (χ4n) is 0.811. The van der Waals surface area contributed by atoms with Crippen molar-refractivity contribution >= 4 is 10.0 Å². The largest absolute Gasteiger partial charge is 0.385 e. The normalized spacial score (nSPS) is 14.0. The first kappa shape index (κ1) is 11.3. The van der Waals surface area contributed by atoms with Crippen molar-refractivity contribution in [1.29, 1.82) is 0 Å². The SMILES string of the molecule is COCCCS(C)(C)C(C)C. The summed E-state index contributed by atoms with van der Waals surface area (Å²) in [6, 6.07) is 0. The molecule has 0 aromatic heterocycles. The van der Waals surface area contributed by atoms with E-state index in [-0.39, 0.29) is 10.0 Å². The van der Waals surface area contributed by atoms with E-state index in [0.717, 1.165) is 11.9 Å². The van der Waals surface area contributed by atoms with Gasteiger partial charge in [0.1, 0.15) is 0 Å². The zero-order valence-corrected chi connectivity index (χ0v) is 9.33. The molecule has 0 atom stereocenters. The van der Waals surface area contributed by atoms with E-state index in [9.17, 15) is 0 Å². The molecule has 0 rings (SSSR count). The molecule has 0 unspecified atom stereocenters. The van der Waals surface area contributed by atoms with Crippen molar-refractivity contribution in [3.05, 3.63) is 0 Å². The van der Waals surface area contributed by atoms with E-state index in [0.29, 0.717) is 0 Å². The van der Waals surface area contributed by atoms with Crippen molar-refractivity contribution in [3.63, 3.8) is 0 Å². The lowest BCUT2D eigenvalue weighted by atomic mass is 10.5. The molecule has 0 heterocycles. The van der Waals surface area contributed by atoms with Crippen LogP contribution in [0.15, 0.2) is 0 Å². The van der Waals surface area contributed by atoms with E-state index in [1.54, 1.807) is 7.11 Å². The third-order valence-electron chi connectivity index (χ3n) is 2.30. The molecular formula is C9H22OS. The van der Waals surface area contributed by atoms with Crippen LogP contribution < -0.4 is 0 Å². The molecule has 0 radical (unpaired) electrons. The Morgan fingerprint density at radius 2 is 1.82 bits per heavy atom. The van der Waals surface area contributed by atoms with Crippen molar-refractivity contribution in [3.8, 4) is 0 Å². The Hall–Kier alpha value is 0.310. The van der Waals surface area contributed by atoms with E-state index < -0.39 is 0 Å². The second-order valence-electron chi connectivity index (χ2n) is 3.72. The summed E-state index contributed by atoms with van der Waals surface area (Å²) in [4.78, 5) is 0. The summed E-state index contributed by atoms with van der Waals surface area (Å²) in [5, 5.41) is 0.847. The van der Waals surface area contributed by atoms with Gasteiger partial charge in [-0.2, -0.15) is 0 Å². The van der Waals surface area contributed by atoms with Crippen LogP contribution in [-0.2, 0) is 4.74 Å². The van der Waals surface area contributed by atoms with Gasteiger partial charge in [-0.15, -0.1) is 0 Å². The monoisotopic (exact) mass is 178 g/mol. The maximum absolute atomic E-state index is 5.03. The topological polar surface area (TPSA) is 9.23 Å². The number of hydrogen-bond acceptors (Lipinski definition) is 1. The highest BCUT2D eigenvalue weighted by atomic mass is 32.3. The molecule has 0 saturated carbocycles. The molecule has 0 aliphatic carbocycles. The molecule has 70 valence electrons. The van der Waals surface area contributed by atoms with Crippen molar-refractivity contribution in [1.82, 2.24) is 0 Å². The summed E-state index contributed by atoms with van der Waals surface area (Å²) in [6.07, 6.45) is 6.04. The molecule has 1 nitrogen and oxygen atoms in total. The third-order valence-corrected chi connectivity index (χ3v) is 6.19. The van der Waals surface area contributed by atoms with Gasteiger partial charge >= 0.3 is 0 Å². The van der Waals surface area contributed by atoms with Crippen LogP contribution in [0.2, 0.25) is 0 Å². The second kappa shape index (κ2) is 5.04. The Kier molecular flexibility index (Phi) is 5.19. The third kappa shape index (κ3) is 4.70. The molecule has 0 amide bonds. The highest BCUT2D eigenvalue weighted by Crippen LogP contribution is 2.45. The highest BCUT2D eigenvalue weighted by molar-refractivity contribution is 8.33. The minimum atomic E-state index is -0.350. The molecule has 0 spiro atoms. The van der Waals surface area contributed by atoms with Gasteiger partial charge in [0.05, 0.1) is 0 Å². The fourth-order valence-corrected chi connectivity index (χ4v) is 2.14. The Morgan fingerprint density at radius 3 is 2.18 bits per heavy atom. The summed E-state index contributed by atoms with van der Waals surface area (Å²) in [7, 11) is 1.43. The predicted octanol–water partition coefficient (Wildman–Crippen LogP) is 2.50. The van der Waals surface area contributed by atoms with Crippen LogP contribution in [0.4, 0.5) is 0 Å². The lowest BCUT2D eigenvalue weighted by molar-refractivity contribution is 0.200. The van der Waals surface area contributed by atoms with Crippen LogP contribution >= 0.6 is 10.0 Å². The fraction of sp³-hybridized carbons (Fsp3) is 1.00. The van der Waals surface area contributed by atoms with Gasteiger partial charge in [-0.1, -0.05) is 13.8 Å². The number of rotatable bonds is 5. The van der Waals surface area contributed by atoms with Gasteiger partial charge in [0.15, 0.2) is 0 Å². The standard InChI is InChI=1S/C9H22OS/c1-9(2)11(4,5)8-6-7-10-3/h9H,6-8H2,1-5H3. The van der Waals surface area contributed by atoms with Gasteiger partial charge in [-0.25, -0.2) is 10.0 Å². The highest BCUT2D eigenvalue weighted by Gasteiger charge is 2.14. The van der Waals surface area contributed by atoms with E-state index >= 15 is 0 Å². The van der Waals surface area contributed by atoms with Crippen LogP contribution in [0.3, 0.4) is 0 Å². The van der Waals surface area contributed by atoms with E-state index in [1.165, 1.54) is 12.2 Å². The first-order valence-corrected chi connectivity index (χ1v) is 6.87. The number of hydrogen-bond donors (Lipinski definition) is 0. The van der Waals surface area contributed by atoms with Crippen molar-refractivity contribution in [2.24, 2.45) is 0 Å². The molecule has 0 saturated heterocycles. The summed E-state index contributed by atoms with van der Waals surface area (Å²) < 4.78 is 5.03. The quantitative estimate of drug-likeness (QED) is 0.588. The van der Waals surface area contributed by atoms with E-state index in [1.807, 2.05) is 0 Å². The molecule has 0 aromatic carbocycles. The number of ether oxygens (including phenoxy) is 1. The average Bonchev–Trinajstić information content (AvgIpc) is 1.88. The summed E-state index contributed by atoms with van der Waals surface area (Å²) in [5.74, 6) is 1.35. The van der Waals surface area contributed by atoms with E-state index in [2.05, 4.69) is 26.4 Å².